The standard InChI is InChI=1S/C25H16N3O.C11H8N.Ir/c1-16-14-21-24(26-15-16)27-25(28(21)17-8-3-2-4-9-17)20-12-7-11-19-18-10-5-6-13-22(18)29-23(19)20;1-2-6-10(7-3-1)11-8-4-5-9-12-11;/h2-11,13-15H,1H3;1-6,8-9H;/q2*-1;. The van der Waals surface area contributed by atoms with Crippen LogP contribution in [0.15, 0.2) is 132 Å². The number of furan rings is 1. The molecule has 0 aliphatic heterocycles. The normalized spacial score (nSPS) is 10.8. The van der Waals surface area contributed by atoms with E-state index in [4.69, 9.17) is 9.40 Å². The average molecular weight is 721 g/mol. The predicted octanol–water partition coefficient (Wildman–Crippen LogP) is 8.64. The molecule has 0 saturated carbocycles. The van der Waals surface area contributed by atoms with Gasteiger partial charge in [0.25, 0.3) is 0 Å². The van der Waals surface area contributed by atoms with Crippen molar-refractivity contribution in [2.45, 2.75) is 6.92 Å². The van der Waals surface area contributed by atoms with Crippen LogP contribution >= 0.6 is 0 Å². The Morgan fingerprint density at radius 1 is 0.738 bits per heavy atom. The number of hydrogen-bond acceptors (Lipinski definition) is 4. The van der Waals surface area contributed by atoms with Crippen LogP contribution in [0.3, 0.4) is 0 Å². The molecule has 1 radical (unpaired) electrons. The summed E-state index contributed by atoms with van der Waals surface area (Å²) >= 11 is 0. The van der Waals surface area contributed by atoms with E-state index in [1.54, 1.807) is 6.20 Å². The van der Waals surface area contributed by atoms with E-state index in [9.17, 15) is 0 Å². The Bertz CT molecular complexity index is 2070. The van der Waals surface area contributed by atoms with Crippen molar-refractivity contribution in [3.8, 4) is 28.3 Å². The number of imidazole rings is 1. The van der Waals surface area contributed by atoms with E-state index < -0.39 is 0 Å². The smallest absolute Gasteiger partial charge is 0.168 e. The number of aryl methyl sites for hydroxylation is 1. The fourth-order valence-electron chi connectivity index (χ4n) is 5.00. The van der Waals surface area contributed by atoms with E-state index in [1.165, 1.54) is 0 Å². The first-order valence-electron chi connectivity index (χ1n) is 13.4. The number of para-hydroxylation sites is 2. The zero-order valence-electron chi connectivity index (χ0n) is 22.7. The molecule has 4 aromatic carbocycles. The van der Waals surface area contributed by atoms with Crippen molar-refractivity contribution in [2.75, 3.05) is 0 Å². The van der Waals surface area contributed by atoms with Gasteiger partial charge in [-0.15, -0.1) is 54.1 Å². The van der Waals surface area contributed by atoms with Gasteiger partial charge in [0.05, 0.1) is 16.9 Å². The van der Waals surface area contributed by atoms with Gasteiger partial charge in [0.1, 0.15) is 5.58 Å². The average Bonchev–Trinajstić information content (AvgIpc) is 3.61. The van der Waals surface area contributed by atoms with E-state index in [0.717, 1.165) is 61.4 Å². The third-order valence-corrected chi connectivity index (χ3v) is 6.87. The number of nitrogens with zero attached hydrogens (tertiary/aromatic N) is 4. The summed E-state index contributed by atoms with van der Waals surface area (Å²) in [5, 5.41) is 2.15. The van der Waals surface area contributed by atoms with Crippen LogP contribution < -0.4 is 0 Å². The molecule has 0 spiro atoms. The minimum Gasteiger partial charge on any atom is -0.501 e. The van der Waals surface area contributed by atoms with Gasteiger partial charge in [-0.3, -0.25) is 4.98 Å². The summed E-state index contributed by atoms with van der Waals surface area (Å²) in [6, 6.07) is 44.6. The molecule has 0 atom stereocenters. The molecule has 0 fully saturated rings. The molecule has 8 rings (SSSR count). The molecular formula is C36H24IrN4O-2. The third-order valence-electron chi connectivity index (χ3n) is 6.87. The Morgan fingerprint density at radius 2 is 1.55 bits per heavy atom. The van der Waals surface area contributed by atoms with Crippen LogP contribution in [0.1, 0.15) is 5.56 Å². The number of fused-ring (bicyclic) bond motifs is 4. The first-order chi connectivity index (χ1) is 20.3. The van der Waals surface area contributed by atoms with Gasteiger partial charge in [-0.25, -0.2) is 4.98 Å². The second-order valence-electron chi connectivity index (χ2n) is 9.65. The number of benzene rings is 4. The second-order valence-corrected chi connectivity index (χ2v) is 9.65. The number of hydrogen-bond donors (Lipinski definition) is 0. The summed E-state index contributed by atoms with van der Waals surface area (Å²) in [4.78, 5) is 13.7. The molecule has 4 heterocycles. The molecule has 0 aliphatic carbocycles. The fraction of sp³-hybridized carbons (Fsp3) is 0.0278. The first kappa shape index (κ1) is 27.3. The van der Waals surface area contributed by atoms with Gasteiger partial charge < -0.3 is 14.0 Å². The Labute approximate surface area is 256 Å². The van der Waals surface area contributed by atoms with Crippen molar-refractivity contribution < 1.29 is 24.5 Å². The maximum atomic E-state index is 6.24. The van der Waals surface area contributed by atoms with Crippen LogP contribution in [0, 0.1) is 19.1 Å². The van der Waals surface area contributed by atoms with Crippen molar-refractivity contribution in [1.82, 2.24) is 19.5 Å². The van der Waals surface area contributed by atoms with Gasteiger partial charge in [-0.2, -0.15) is 0 Å². The summed E-state index contributed by atoms with van der Waals surface area (Å²) in [7, 11) is 0. The van der Waals surface area contributed by atoms with Crippen LogP contribution in [0.2, 0.25) is 0 Å². The molecule has 0 unspecified atom stereocenters. The van der Waals surface area contributed by atoms with E-state index in [2.05, 4.69) is 50.9 Å². The van der Waals surface area contributed by atoms with E-state index in [1.807, 2.05) is 104 Å². The molecule has 0 saturated heterocycles. The molecule has 5 nitrogen and oxygen atoms in total. The van der Waals surface area contributed by atoms with E-state index in [0.29, 0.717) is 5.65 Å². The van der Waals surface area contributed by atoms with Gasteiger partial charge in [0.15, 0.2) is 5.65 Å². The maximum Gasteiger partial charge on any atom is 0.168 e. The molecule has 8 aromatic rings. The molecule has 6 heteroatoms. The molecule has 4 aromatic heterocycles. The van der Waals surface area contributed by atoms with Crippen molar-refractivity contribution >= 4 is 33.1 Å². The fourth-order valence-corrected chi connectivity index (χ4v) is 5.00. The van der Waals surface area contributed by atoms with Gasteiger partial charge in [-0.05, 0) is 48.5 Å². The van der Waals surface area contributed by atoms with Crippen LogP contribution in [0.5, 0.6) is 0 Å². The van der Waals surface area contributed by atoms with Crippen LogP contribution in [0.25, 0.3) is 61.4 Å². The summed E-state index contributed by atoms with van der Waals surface area (Å²) in [6.45, 7) is 2.04. The van der Waals surface area contributed by atoms with Gasteiger partial charge in [-0.1, -0.05) is 59.5 Å². The molecule has 0 bridgehead atoms. The van der Waals surface area contributed by atoms with Gasteiger partial charge >= 0.3 is 0 Å². The zero-order valence-corrected chi connectivity index (χ0v) is 25.0. The topological polar surface area (TPSA) is 56.7 Å². The Morgan fingerprint density at radius 3 is 2.36 bits per heavy atom. The van der Waals surface area contributed by atoms with Gasteiger partial charge in [0.2, 0.25) is 0 Å². The SMILES string of the molecule is Cc1cnc2nc(-c3[c-]ccc4c3oc3ccccc34)n(-c3ccccc3)c2c1.[Ir].[c-]1ccccc1-c1ccccn1. The summed E-state index contributed by atoms with van der Waals surface area (Å²) in [6.07, 6.45) is 3.64. The van der Waals surface area contributed by atoms with Crippen molar-refractivity contribution in [2.24, 2.45) is 0 Å². The van der Waals surface area contributed by atoms with Crippen molar-refractivity contribution in [3.05, 3.63) is 145 Å². The second kappa shape index (κ2) is 11.9. The summed E-state index contributed by atoms with van der Waals surface area (Å²) in [5.74, 6) is 0.772. The van der Waals surface area contributed by atoms with Crippen LogP contribution in [0.4, 0.5) is 0 Å². The number of pyridine rings is 2. The van der Waals surface area contributed by atoms with E-state index >= 15 is 0 Å². The van der Waals surface area contributed by atoms with Crippen molar-refractivity contribution in [3.63, 3.8) is 0 Å². The minimum atomic E-state index is 0. The number of rotatable bonds is 3. The maximum absolute atomic E-state index is 6.24. The third kappa shape index (κ3) is 5.14. The predicted molar refractivity (Wildman–Crippen MR) is 164 cm³/mol. The number of aromatic nitrogens is 4. The molecule has 0 aliphatic rings. The Balaban J connectivity index is 0.000000205. The Hall–Kier alpha value is -4.90. The molecule has 42 heavy (non-hydrogen) atoms. The minimum absolute atomic E-state index is 0. The summed E-state index contributed by atoms with van der Waals surface area (Å²) < 4.78 is 8.38. The van der Waals surface area contributed by atoms with Gasteiger partial charge in [0, 0.05) is 43.6 Å². The largest absolute Gasteiger partial charge is 0.501 e. The molecular weight excluding hydrogens is 697 g/mol. The van der Waals surface area contributed by atoms with Crippen LogP contribution in [-0.2, 0) is 20.1 Å². The monoisotopic (exact) mass is 721 g/mol. The molecule has 205 valence electrons. The first-order valence-corrected chi connectivity index (χ1v) is 13.4. The van der Waals surface area contributed by atoms with Crippen molar-refractivity contribution in [1.29, 1.82) is 0 Å². The molecule has 0 amide bonds. The van der Waals surface area contributed by atoms with Crippen LogP contribution in [-0.4, -0.2) is 19.5 Å². The van der Waals surface area contributed by atoms with E-state index in [-0.39, 0.29) is 20.1 Å². The zero-order chi connectivity index (χ0) is 27.6. The Kier molecular flexibility index (Phi) is 7.74. The molecule has 0 N–H and O–H groups in total. The summed E-state index contributed by atoms with van der Waals surface area (Å²) in [5.41, 5.74) is 8.28. The quantitative estimate of drug-likeness (QED) is 0.172.